The van der Waals surface area contributed by atoms with Gasteiger partial charge in [-0.05, 0) is 38.0 Å². The van der Waals surface area contributed by atoms with Gasteiger partial charge in [0.2, 0.25) is 5.91 Å². The third-order valence-electron chi connectivity index (χ3n) is 3.68. The van der Waals surface area contributed by atoms with E-state index in [-0.39, 0.29) is 24.2 Å². The number of carbonyl (C=O) groups is 1. The maximum Gasteiger partial charge on any atom is 0.241 e. The molecule has 1 aliphatic rings. The Kier molecular flexibility index (Phi) is 4.48. The molecule has 3 unspecified atom stereocenters. The minimum Gasteiger partial charge on any atom is -0.319 e. The summed E-state index contributed by atoms with van der Waals surface area (Å²) in [6, 6.07) is 7.83. The van der Waals surface area contributed by atoms with Crippen LogP contribution in [0.3, 0.4) is 0 Å². The molecule has 0 spiro atoms. The largest absolute Gasteiger partial charge is 0.319 e. The number of halogens is 1. The highest BCUT2D eigenvalue weighted by Gasteiger charge is 2.39. The maximum atomic E-state index is 12.3. The summed E-state index contributed by atoms with van der Waals surface area (Å²) in [6.45, 7) is 6.18. The molecule has 0 radical (unpaired) electrons. The summed E-state index contributed by atoms with van der Waals surface area (Å²) in [5.74, 6) is 0.181. The number of carbonyl (C=O) groups excluding carboxylic acids is 1. The molecular weight excluding hydrogens is 260 g/mol. The van der Waals surface area contributed by atoms with E-state index >= 15 is 0 Å². The molecule has 1 aliphatic heterocycles. The van der Waals surface area contributed by atoms with Crippen molar-refractivity contribution in [3.05, 3.63) is 34.9 Å². The van der Waals surface area contributed by atoms with Crippen molar-refractivity contribution in [1.82, 2.24) is 10.2 Å². The zero-order valence-electron chi connectivity index (χ0n) is 11.7. The van der Waals surface area contributed by atoms with Gasteiger partial charge in [-0.2, -0.15) is 0 Å². The average molecular weight is 281 g/mol. The number of rotatable bonds is 4. The van der Waals surface area contributed by atoms with Gasteiger partial charge in [0.1, 0.15) is 6.17 Å². The van der Waals surface area contributed by atoms with Gasteiger partial charge in [-0.15, -0.1) is 0 Å². The molecule has 4 heteroatoms. The lowest BCUT2D eigenvalue weighted by Gasteiger charge is -2.30. The molecule has 1 amide bonds. The standard InChI is InChI=1S/C15H21ClN2O/c1-4-5-10(2)18-14(17-11(3)15(18)19)12-6-8-13(16)9-7-12/h6-11,14,17H,4-5H2,1-3H3. The highest BCUT2D eigenvalue weighted by atomic mass is 35.5. The molecule has 19 heavy (non-hydrogen) atoms. The van der Waals surface area contributed by atoms with Crippen LogP contribution in [0.15, 0.2) is 24.3 Å². The molecule has 1 fully saturated rings. The topological polar surface area (TPSA) is 32.3 Å². The first-order valence-electron chi connectivity index (χ1n) is 6.88. The number of nitrogens with one attached hydrogen (secondary N) is 1. The maximum absolute atomic E-state index is 12.3. The van der Waals surface area contributed by atoms with Crippen molar-refractivity contribution in [3.8, 4) is 0 Å². The monoisotopic (exact) mass is 280 g/mol. The summed E-state index contributed by atoms with van der Waals surface area (Å²) in [5.41, 5.74) is 1.09. The lowest BCUT2D eigenvalue weighted by molar-refractivity contribution is -0.131. The van der Waals surface area contributed by atoms with E-state index in [1.165, 1.54) is 0 Å². The second kappa shape index (κ2) is 5.93. The van der Waals surface area contributed by atoms with Crippen LogP contribution < -0.4 is 5.32 Å². The predicted octanol–water partition coefficient (Wildman–Crippen LogP) is 3.35. The van der Waals surface area contributed by atoms with Gasteiger partial charge in [0.15, 0.2) is 0 Å². The van der Waals surface area contributed by atoms with Crippen molar-refractivity contribution in [2.75, 3.05) is 0 Å². The molecule has 1 aromatic rings. The molecule has 2 rings (SSSR count). The Morgan fingerprint density at radius 2 is 2.00 bits per heavy atom. The Bertz CT molecular complexity index is 446. The van der Waals surface area contributed by atoms with Gasteiger partial charge >= 0.3 is 0 Å². The molecule has 104 valence electrons. The van der Waals surface area contributed by atoms with E-state index in [2.05, 4.69) is 19.2 Å². The van der Waals surface area contributed by atoms with Gasteiger partial charge in [-0.3, -0.25) is 10.1 Å². The van der Waals surface area contributed by atoms with Crippen LogP contribution >= 0.6 is 11.6 Å². The first kappa shape index (κ1) is 14.4. The molecule has 1 heterocycles. The Balaban J connectivity index is 2.26. The van der Waals surface area contributed by atoms with Crippen molar-refractivity contribution >= 4 is 17.5 Å². The normalized spacial score (nSPS) is 24.8. The van der Waals surface area contributed by atoms with Crippen LogP contribution in [0.1, 0.15) is 45.3 Å². The van der Waals surface area contributed by atoms with Crippen LogP contribution in [-0.2, 0) is 4.79 Å². The van der Waals surface area contributed by atoms with Crippen LogP contribution in [0.25, 0.3) is 0 Å². The zero-order chi connectivity index (χ0) is 14.0. The highest BCUT2D eigenvalue weighted by Crippen LogP contribution is 2.29. The Labute approximate surface area is 119 Å². The summed E-state index contributed by atoms with van der Waals surface area (Å²) in [4.78, 5) is 14.3. The Hall–Kier alpha value is -1.06. The summed E-state index contributed by atoms with van der Waals surface area (Å²) >= 11 is 5.92. The van der Waals surface area contributed by atoms with E-state index < -0.39 is 0 Å². The first-order chi connectivity index (χ1) is 9.04. The SMILES string of the molecule is CCCC(C)N1C(=O)C(C)NC1c1ccc(Cl)cc1. The van der Waals surface area contributed by atoms with E-state index in [1.54, 1.807) is 0 Å². The summed E-state index contributed by atoms with van der Waals surface area (Å²) in [7, 11) is 0. The third kappa shape index (κ3) is 2.93. The van der Waals surface area contributed by atoms with E-state index in [0.717, 1.165) is 18.4 Å². The van der Waals surface area contributed by atoms with E-state index in [9.17, 15) is 4.79 Å². The molecule has 0 saturated carbocycles. The average Bonchev–Trinajstić information content (AvgIpc) is 2.67. The van der Waals surface area contributed by atoms with Gasteiger partial charge in [-0.25, -0.2) is 0 Å². The Morgan fingerprint density at radius 3 is 2.58 bits per heavy atom. The van der Waals surface area contributed by atoms with Crippen LogP contribution in [0.4, 0.5) is 0 Å². The lowest BCUT2D eigenvalue weighted by atomic mass is 10.1. The predicted molar refractivity (Wildman–Crippen MR) is 78.0 cm³/mol. The number of amides is 1. The minimum absolute atomic E-state index is 0.0404. The fraction of sp³-hybridized carbons (Fsp3) is 0.533. The molecule has 3 nitrogen and oxygen atoms in total. The van der Waals surface area contributed by atoms with Crippen LogP contribution in [0, 0.1) is 0 Å². The summed E-state index contributed by atoms with van der Waals surface area (Å²) in [6.07, 6.45) is 2.05. The van der Waals surface area contributed by atoms with Crippen LogP contribution in [-0.4, -0.2) is 22.9 Å². The number of hydrogen-bond acceptors (Lipinski definition) is 2. The molecule has 1 N–H and O–H groups in total. The van der Waals surface area contributed by atoms with Gasteiger partial charge in [0.05, 0.1) is 6.04 Å². The van der Waals surface area contributed by atoms with Gasteiger partial charge in [0, 0.05) is 11.1 Å². The van der Waals surface area contributed by atoms with Crippen molar-refractivity contribution in [1.29, 1.82) is 0 Å². The third-order valence-corrected chi connectivity index (χ3v) is 3.93. The fourth-order valence-electron chi connectivity index (χ4n) is 2.67. The highest BCUT2D eigenvalue weighted by molar-refractivity contribution is 6.30. The molecule has 0 aromatic heterocycles. The lowest BCUT2D eigenvalue weighted by Crippen LogP contribution is -2.38. The number of nitrogens with zero attached hydrogens (tertiary/aromatic N) is 1. The second-order valence-electron chi connectivity index (χ2n) is 5.23. The molecule has 1 saturated heterocycles. The van der Waals surface area contributed by atoms with Crippen molar-refractivity contribution in [3.63, 3.8) is 0 Å². The van der Waals surface area contributed by atoms with Gasteiger partial charge < -0.3 is 4.90 Å². The quantitative estimate of drug-likeness (QED) is 0.917. The van der Waals surface area contributed by atoms with Crippen molar-refractivity contribution < 1.29 is 4.79 Å². The van der Waals surface area contributed by atoms with Crippen molar-refractivity contribution in [2.24, 2.45) is 0 Å². The van der Waals surface area contributed by atoms with E-state index in [4.69, 9.17) is 11.6 Å². The van der Waals surface area contributed by atoms with Gasteiger partial charge in [0.25, 0.3) is 0 Å². The number of benzene rings is 1. The molecular formula is C15H21ClN2O. The van der Waals surface area contributed by atoms with Crippen molar-refractivity contribution in [2.45, 2.75) is 51.9 Å². The smallest absolute Gasteiger partial charge is 0.241 e. The van der Waals surface area contributed by atoms with Gasteiger partial charge in [-0.1, -0.05) is 37.1 Å². The molecule has 0 bridgehead atoms. The fourth-order valence-corrected chi connectivity index (χ4v) is 2.80. The second-order valence-corrected chi connectivity index (χ2v) is 5.66. The summed E-state index contributed by atoms with van der Waals surface area (Å²) in [5, 5.41) is 4.08. The summed E-state index contributed by atoms with van der Waals surface area (Å²) < 4.78 is 0. The minimum atomic E-state index is -0.125. The zero-order valence-corrected chi connectivity index (χ0v) is 12.4. The van der Waals surface area contributed by atoms with E-state index in [0.29, 0.717) is 5.02 Å². The number of hydrogen-bond donors (Lipinski definition) is 1. The van der Waals surface area contributed by atoms with Crippen LogP contribution in [0.2, 0.25) is 5.02 Å². The molecule has 0 aliphatic carbocycles. The molecule has 3 atom stereocenters. The Morgan fingerprint density at radius 1 is 1.37 bits per heavy atom. The first-order valence-corrected chi connectivity index (χ1v) is 7.26. The molecule has 1 aromatic carbocycles. The van der Waals surface area contributed by atoms with Crippen LogP contribution in [0.5, 0.6) is 0 Å². The van der Waals surface area contributed by atoms with E-state index in [1.807, 2.05) is 36.1 Å².